The van der Waals surface area contributed by atoms with Gasteiger partial charge in [-0.05, 0) is 43.4 Å². The van der Waals surface area contributed by atoms with E-state index in [1.54, 1.807) is 13.0 Å². The van der Waals surface area contributed by atoms with Crippen molar-refractivity contribution in [2.24, 2.45) is 5.92 Å². The van der Waals surface area contributed by atoms with E-state index in [2.05, 4.69) is 4.72 Å². The van der Waals surface area contributed by atoms with Gasteiger partial charge in [-0.2, -0.15) is 0 Å². The van der Waals surface area contributed by atoms with Gasteiger partial charge in [0.05, 0.1) is 15.6 Å². The molecule has 4 nitrogen and oxygen atoms in total. The van der Waals surface area contributed by atoms with E-state index in [0.29, 0.717) is 22.8 Å². The Kier molecular flexibility index (Phi) is 5.52. The predicted octanol–water partition coefficient (Wildman–Crippen LogP) is 3.48. The average molecular weight is 331 g/mol. The van der Waals surface area contributed by atoms with Gasteiger partial charge in [0.25, 0.3) is 0 Å². The Balaban J connectivity index is 1.92. The van der Waals surface area contributed by atoms with Crippen molar-refractivity contribution in [3.8, 4) is 0 Å². The summed E-state index contributed by atoms with van der Waals surface area (Å²) in [6.45, 7) is 2.22. The molecule has 0 aromatic heterocycles. The van der Waals surface area contributed by atoms with Crippen LogP contribution in [0.25, 0.3) is 0 Å². The fourth-order valence-corrected chi connectivity index (χ4v) is 4.20. The molecule has 0 saturated heterocycles. The second-order valence-electron chi connectivity index (χ2n) is 5.83. The van der Waals surface area contributed by atoms with Gasteiger partial charge in [-0.25, -0.2) is 13.1 Å². The first-order valence-corrected chi connectivity index (χ1v) is 9.31. The van der Waals surface area contributed by atoms with Crippen LogP contribution in [0.5, 0.6) is 0 Å². The Labute approximate surface area is 132 Å². The molecule has 0 amide bonds. The number of nitrogen functional groups attached to an aromatic ring is 1. The van der Waals surface area contributed by atoms with Crippen LogP contribution in [0.1, 0.15) is 44.1 Å². The number of nitrogens with one attached hydrogen (secondary N) is 1. The van der Waals surface area contributed by atoms with Crippen LogP contribution in [0.3, 0.4) is 0 Å². The predicted molar refractivity (Wildman–Crippen MR) is 87.0 cm³/mol. The Bertz CT molecular complexity index is 573. The van der Waals surface area contributed by atoms with Crippen molar-refractivity contribution in [2.75, 3.05) is 12.3 Å². The molecule has 1 aliphatic carbocycles. The van der Waals surface area contributed by atoms with Crippen LogP contribution >= 0.6 is 11.6 Å². The number of halogens is 1. The Morgan fingerprint density at radius 3 is 2.62 bits per heavy atom. The van der Waals surface area contributed by atoms with Gasteiger partial charge < -0.3 is 5.73 Å². The smallest absolute Gasteiger partial charge is 0.240 e. The van der Waals surface area contributed by atoms with Gasteiger partial charge in [0.15, 0.2) is 0 Å². The Morgan fingerprint density at radius 1 is 1.33 bits per heavy atom. The van der Waals surface area contributed by atoms with Crippen LogP contribution in [0, 0.1) is 12.8 Å². The molecule has 2 rings (SSSR count). The lowest BCUT2D eigenvalue weighted by Crippen LogP contribution is -2.25. The first kappa shape index (κ1) is 16.6. The summed E-state index contributed by atoms with van der Waals surface area (Å²) >= 11 is 5.96. The van der Waals surface area contributed by atoms with Crippen LogP contribution in [0.15, 0.2) is 17.0 Å². The molecule has 0 aliphatic heterocycles. The molecule has 0 radical (unpaired) electrons. The summed E-state index contributed by atoms with van der Waals surface area (Å²) in [7, 11) is -3.51. The fraction of sp³-hybridized carbons (Fsp3) is 0.600. The van der Waals surface area contributed by atoms with E-state index in [0.717, 1.165) is 18.8 Å². The van der Waals surface area contributed by atoms with Gasteiger partial charge in [0, 0.05) is 6.54 Å². The summed E-state index contributed by atoms with van der Waals surface area (Å²) in [5, 5.41) is 0.412. The maximum absolute atomic E-state index is 12.2. The zero-order valence-electron chi connectivity index (χ0n) is 12.4. The van der Waals surface area contributed by atoms with Gasteiger partial charge in [-0.1, -0.05) is 37.3 Å². The normalized spacial score (nSPS) is 16.5. The van der Waals surface area contributed by atoms with E-state index in [1.807, 2.05) is 0 Å². The number of hydrogen-bond acceptors (Lipinski definition) is 3. The topological polar surface area (TPSA) is 72.2 Å². The number of anilines is 1. The number of rotatable bonds is 6. The standard InChI is InChI=1S/C15H23ClN2O2S/c1-11-9-13(10-14(17)15(11)16)21(19,20)18-8-4-7-12-5-2-3-6-12/h9-10,12,18H,2-8,17H2,1H3. The van der Waals surface area contributed by atoms with Gasteiger partial charge in [0.2, 0.25) is 10.0 Å². The Hall–Kier alpha value is -0.780. The highest BCUT2D eigenvalue weighted by Gasteiger charge is 2.18. The summed E-state index contributed by atoms with van der Waals surface area (Å²) in [6.07, 6.45) is 7.20. The summed E-state index contributed by atoms with van der Waals surface area (Å²) < 4.78 is 27.1. The maximum Gasteiger partial charge on any atom is 0.240 e. The van der Waals surface area contributed by atoms with Crippen molar-refractivity contribution in [3.63, 3.8) is 0 Å². The molecule has 21 heavy (non-hydrogen) atoms. The number of benzene rings is 1. The minimum Gasteiger partial charge on any atom is -0.397 e. The molecule has 1 saturated carbocycles. The monoisotopic (exact) mass is 330 g/mol. The van der Waals surface area contributed by atoms with Crippen molar-refractivity contribution in [1.82, 2.24) is 4.72 Å². The highest BCUT2D eigenvalue weighted by Crippen LogP contribution is 2.29. The van der Waals surface area contributed by atoms with E-state index >= 15 is 0 Å². The third-order valence-electron chi connectivity index (χ3n) is 4.12. The molecule has 3 N–H and O–H groups in total. The fourth-order valence-electron chi connectivity index (χ4n) is 2.90. The SMILES string of the molecule is Cc1cc(S(=O)(=O)NCCCC2CCCC2)cc(N)c1Cl. The zero-order chi connectivity index (χ0) is 15.5. The third kappa shape index (κ3) is 4.34. The molecule has 6 heteroatoms. The molecular weight excluding hydrogens is 308 g/mol. The summed E-state index contributed by atoms with van der Waals surface area (Å²) in [5.41, 5.74) is 6.70. The van der Waals surface area contributed by atoms with E-state index < -0.39 is 10.0 Å². The lowest BCUT2D eigenvalue weighted by molar-refractivity contribution is 0.480. The molecule has 1 aromatic carbocycles. The molecular formula is C15H23ClN2O2S. The largest absolute Gasteiger partial charge is 0.397 e. The van der Waals surface area contributed by atoms with Crippen LogP contribution in [0.2, 0.25) is 5.02 Å². The van der Waals surface area contributed by atoms with Crippen LogP contribution in [-0.2, 0) is 10.0 Å². The number of sulfonamides is 1. The first-order valence-electron chi connectivity index (χ1n) is 7.45. The maximum atomic E-state index is 12.2. The van der Waals surface area contributed by atoms with Crippen LogP contribution < -0.4 is 10.5 Å². The zero-order valence-corrected chi connectivity index (χ0v) is 13.9. The first-order chi connectivity index (χ1) is 9.90. The van der Waals surface area contributed by atoms with Crippen LogP contribution in [0.4, 0.5) is 5.69 Å². The lowest BCUT2D eigenvalue weighted by atomic mass is 10.0. The third-order valence-corrected chi connectivity index (χ3v) is 6.08. The quantitative estimate of drug-likeness (QED) is 0.619. The second-order valence-corrected chi connectivity index (χ2v) is 7.98. The van der Waals surface area contributed by atoms with E-state index in [-0.39, 0.29) is 4.90 Å². The van der Waals surface area contributed by atoms with E-state index in [9.17, 15) is 8.42 Å². The van der Waals surface area contributed by atoms with E-state index in [4.69, 9.17) is 17.3 Å². The summed E-state index contributed by atoms with van der Waals surface area (Å²) in [4.78, 5) is 0.183. The molecule has 0 unspecified atom stereocenters. The summed E-state index contributed by atoms with van der Waals surface area (Å²) in [6, 6.07) is 2.96. The minimum atomic E-state index is -3.51. The molecule has 118 valence electrons. The Morgan fingerprint density at radius 2 is 2.00 bits per heavy atom. The molecule has 0 bridgehead atoms. The second kappa shape index (κ2) is 6.99. The molecule has 1 aliphatic rings. The molecule has 1 fully saturated rings. The van der Waals surface area contributed by atoms with Gasteiger partial charge in [-0.15, -0.1) is 0 Å². The van der Waals surface area contributed by atoms with Crippen molar-refractivity contribution in [3.05, 3.63) is 22.7 Å². The number of hydrogen-bond donors (Lipinski definition) is 2. The summed E-state index contributed by atoms with van der Waals surface area (Å²) in [5.74, 6) is 0.780. The number of aryl methyl sites for hydroxylation is 1. The molecule has 0 atom stereocenters. The van der Waals surface area contributed by atoms with Crippen LogP contribution in [-0.4, -0.2) is 15.0 Å². The van der Waals surface area contributed by atoms with E-state index in [1.165, 1.54) is 31.7 Å². The molecule has 0 spiro atoms. The van der Waals surface area contributed by atoms with Crippen molar-refractivity contribution in [2.45, 2.75) is 50.3 Å². The average Bonchev–Trinajstić information content (AvgIpc) is 2.93. The van der Waals surface area contributed by atoms with Crippen molar-refractivity contribution >= 4 is 27.3 Å². The number of nitrogens with two attached hydrogens (primary N) is 1. The van der Waals surface area contributed by atoms with Gasteiger partial charge in [-0.3, -0.25) is 0 Å². The van der Waals surface area contributed by atoms with Gasteiger partial charge >= 0.3 is 0 Å². The molecule has 0 heterocycles. The lowest BCUT2D eigenvalue weighted by Gasteiger charge is -2.11. The minimum absolute atomic E-state index is 0.183. The highest BCUT2D eigenvalue weighted by molar-refractivity contribution is 7.89. The van der Waals surface area contributed by atoms with Gasteiger partial charge in [0.1, 0.15) is 0 Å². The van der Waals surface area contributed by atoms with Crippen molar-refractivity contribution < 1.29 is 8.42 Å². The molecule has 1 aromatic rings. The highest BCUT2D eigenvalue weighted by atomic mass is 35.5. The van der Waals surface area contributed by atoms with Crippen molar-refractivity contribution in [1.29, 1.82) is 0 Å².